The van der Waals surface area contributed by atoms with Crippen LogP contribution in [0.4, 0.5) is 24.8 Å². The topological polar surface area (TPSA) is 70.6 Å². The van der Waals surface area contributed by atoms with Gasteiger partial charge in [0.1, 0.15) is 11.6 Å². The quantitative estimate of drug-likeness (QED) is 0.840. The Balaban J connectivity index is 1.64. The molecule has 1 amide bonds. The molecule has 10 heteroatoms. The second-order valence-corrected chi connectivity index (χ2v) is 6.13. The van der Waals surface area contributed by atoms with Gasteiger partial charge in [-0.05, 0) is 31.2 Å². The van der Waals surface area contributed by atoms with Gasteiger partial charge in [0.05, 0.1) is 5.56 Å². The predicted octanol–water partition coefficient (Wildman–Crippen LogP) is 2.77. The number of benzene rings is 1. The molecule has 0 spiro atoms. The average molecular weight is 395 g/mol. The zero-order valence-corrected chi connectivity index (χ0v) is 15.2. The van der Waals surface area contributed by atoms with Crippen molar-refractivity contribution in [2.24, 2.45) is 0 Å². The number of amides is 1. The Morgan fingerprint density at radius 2 is 1.82 bits per heavy atom. The third-order valence-electron chi connectivity index (χ3n) is 4.24. The molecule has 1 aromatic carbocycles. The van der Waals surface area contributed by atoms with E-state index in [0.29, 0.717) is 37.8 Å². The number of ether oxygens (including phenoxy) is 1. The van der Waals surface area contributed by atoms with Crippen molar-refractivity contribution in [2.75, 3.05) is 42.9 Å². The normalized spacial score (nSPS) is 14.7. The summed E-state index contributed by atoms with van der Waals surface area (Å²) < 4.78 is 41.7. The maximum atomic E-state index is 12.7. The van der Waals surface area contributed by atoms with Gasteiger partial charge >= 0.3 is 6.36 Å². The summed E-state index contributed by atoms with van der Waals surface area (Å²) in [5.74, 6) is 0.385. The Kier molecular flexibility index (Phi) is 5.86. The van der Waals surface area contributed by atoms with E-state index >= 15 is 0 Å². The Bertz CT molecular complexity index is 806. The molecule has 3 rings (SSSR count). The molecule has 28 heavy (non-hydrogen) atoms. The highest BCUT2D eigenvalue weighted by Gasteiger charge is 2.34. The molecule has 0 saturated carbocycles. The van der Waals surface area contributed by atoms with Gasteiger partial charge in [-0.3, -0.25) is 4.79 Å². The van der Waals surface area contributed by atoms with Gasteiger partial charge in [-0.15, -0.1) is 23.4 Å². The predicted molar refractivity (Wildman–Crippen MR) is 97.4 cm³/mol. The first-order chi connectivity index (χ1) is 13.4. The molecule has 1 aliphatic rings. The molecule has 1 aliphatic heterocycles. The lowest BCUT2D eigenvalue weighted by Gasteiger charge is -2.35. The van der Waals surface area contributed by atoms with Crippen LogP contribution in [0.2, 0.25) is 0 Å². The number of piperazine rings is 1. The first-order valence-corrected chi connectivity index (χ1v) is 8.84. The van der Waals surface area contributed by atoms with Gasteiger partial charge in [0.2, 0.25) is 0 Å². The summed E-state index contributed by atoms with van der Waals surface area (Å²) in [6, 6.07) is 9.04. The minimum Gasteiger partial charge on any atom is -0.405 e. The van der Waals surface area contributed by atoms with E-state index in [-0.39, 0.29) is 5.56 Å². The number of para-hydroxylation sites is 1. The van der Waals surface area contributed by atoms with Crippen LogP contribution in [0, 0.1) is 0 Å². The summed E-state index contributed by atoms with van der Waals surface area (Å²) in [7, 11) is 0. The molecule has 7 nitrogen and oxygen atoms in total. The number of aromatic nitrogens is 2. The number of nitrogens with zero attached hydrogens (tertiary/aromatic N) is 4. The van der Waals surface area contributed by atoms with Gasteiger partial charge in [-0.25, -0.2) is 0 Å². The number of nitrogens with one attached hydrogen (secondary N) is 1. The number of carbonyl (C=O) groups is 1. The largest absolute Gasteiger partial charge is 0.573 e. The Labute approximate surface area is 160 Å². The third kappa shape index (κ3) is 4.81. The molecule has 1 N–H and O–H groups in total. The van der Waals surface area contributed by atoms with Crippen LogP contribution in [0.3, 0.4) is 0 Å². The van der Waals surface area contributed by atoms with Crippen LogP contribution in [-0.4, -0.2) is 60.1 Å². The molecule has 2 aromatic rings. The van der Waals surface area contributed by atoms with Crippen LogP contribution >= 0.6 is 0 Å². The van der Waals surface area contributed by atoms with E-state index < -0.39 is 18.0 Å². The van der Waals surface area contributed by atoms with Crippen LogP contribution in [0.25, 0.3) is 0 Å². The number of anilines is 2. The third-order valence-corrected chi connectivity index (χ3v) is 4.24. The fourth-order valence-electron chi connectivity index (χ4n) is 2.94. The molecule has 0 aliphatic carbocycles. The second kappa shape index (κ2) is 8.32. The van der Waals surface area contributed by atoms with Gasteiger partial charge in [-0.1, -0.05) is 12.1 Å². The SMILES string of the molecule is CCNc1ccc(N2CCN(C(=O)c3ccccc3OC(F)(F)F)CC2)nn1. The summed E-state index contributed by atoms with van der Waals surface area (Å²) in [5.41, 5.74) is -0.108. The lowest BCUT2D eigenvalue weighted by atomic mass is 10.1. The molecule has 2 heterocycles. The summed E-state index contributed by atoms with van der Waals surface area (Å²) in [6.45, 7) is 4.43. The van der Waals surface area contributed by atoms with E-state index in [2.05, 4.69) is 20.3 Å². The van der Waals surface area contributed by atoms with Crippen molar-refractivity contribution < 1.29 is 22.7 Å². The van der Waals surface area contributed by atoms with Gasteiger partial charge in [0.25, 0.3) is 5.91 Å². The second-order valence-electron chi connectivity index (χ2n) is 6.13. The monoisotopic (exact) mass is 395 g/mol. The summed E-state index contributed by atoms with van der Waals surface area (Å²) in [6.07, 6.45) is -4.85. The van der Waals surface area contributed by atoms with Crippen molar-refractivity contribution in [3.8, 4) is 5.75 Å². The van der Waals surface area contributed by atoms with E-state index in [0.717, 1.165) is 12.6 Å². The minimum atomic E-state index is -4.85. The van der Waals surface area contributed by atoms with Crippen molar-refractivity contribution in [2.45, 2.75) is 13.3 Å². The van der Waals surface area contributed by atoms with E-state index in [1.54, 1.807) is 0 Å². The van der Waals surface area contributed by atoms with E-state index in [1.165, 1.54) is 23.1 Å². The van der Waals surface area contributed by atoms with E-state index in [4.69, 9.17) is 0 Å². The maximum absolute atomic E-state index is 12.7. The van der Waals surface area contributed by atoms with E-state index in [1.807, 2.05) is 24.0 Å². The summed E-state index contributed by atoms with van der Waals surface area (Å²) >= 11 is 0. The standard InChI is InChI=1S/C18H20F3N5O2/c1-2-22-15-7-8-16(24-23-15)25-9-11-26(12-10-25)17(27)13-5-3-4-6-14(13)28-18(19,20)21/h3-8H,2,9-12H2,1H3,(H,22,23). The zero-order chi connectivity index (χ0) is 20.1. The van der Waals surface area contributed by atoms with Crippen LogP contribution in [0.1, 0.15) is 17.3 Å². The number of hydrogen-bond donors (Lipinski definition) is 1. The first kappa shape index (κ1) is 19.7. The molecule has 0 bridgehead atoms. The smallest absolute Gasteiger partial charge is 0.405 e. The molecular formula is C18H20F3N5O2. The minimum absolute atomic E-state index is 0.108. The Morgan fingerprint density at radius 1 is 1.11 bits per heavy atom. The van der Waals surface area contributed by atoms with E-state index in [9.17, 15) is 18.0 Å². The number of alkyl halides is 3. The maximum Gasteiger partial charge on any atom is 0.573 e. The van der Waals surface area contributed by atoms with Crippen LogP contribution in [-0.2, 0) is 0 Å². The molecule has 1 aromatic heterocycles. The van der Waals surface area contributed by atoms with Gasteiger partial charge in [0, 0.05) is 32.7 Å². The molecule has 0 radical (unpaired) electrons. The average Bonchev–Trinajstić information content (AvgIpc) is 2.68. The molecule has 150 valence electrons. The number of hydrogen-bond acceptors (Lipinski definition) is 6. The summed E-state index contributed by atoms with van der Waals surface area (Å²) in [4.78, 5) is 16.2. The van der Waals surface area contributed by atoms with Crippen molar-refractivity contribution in [3.63, 3.8) is 0 Å². The lowest BCUT2D eigenvalue weighted by Crippen LogP contribution is -2.49. The van der Waals surface area contributed by atoms with Crippen LogP contribution < -0.4 is 15.0 Å². The molecule has 1 fully saturated rings. The Morgan fingerprint density at radius 3 is 2.43 bits per heavy atom. The number of carbonyl (C=O) groups excluding carboxylic acids is 1. The zero-order valence-electron chi connectivity index (χ0n) is 15.2. The Hall–Kier alpha value is -3.04. The molecule has 0 atom stereocenters. The van der Waals surface area contributed by atoms with Crippen LogP contribution in [0.15, 0.2) is 36.4 Å². The number of halogens is 3. The highest BCUT2D eigenvalue weighted by Crippen LogP contribution is 2.27. The van der Waals surface area contributed by atoms with Crippen molar-refractivity contribution in [1.29, 1.82) is 0 Å². The van der Waals surface area contributed by atoms with Gasteiger partial charge < -0.3 is 19.9 Å². The fourth-order valence-corrected chi connectivity index (χ4v) is 2.94. The molecule has 1 saturated heterocycles. The highest BCUT2D eigenvalue weighted by molar-refractivity contribution is 5.97. The first-order valence-electron chi connectivity index (χ1n) is 8.84. The van der Waals surface area contributed by atoms with Gasteiger partial charge in [-0.2, -0.15) is 0 Å². The highest BCUT2D eigenvalue weighted by atomic mass is 19.4. The van der Waals surface area contributed by atoms with Crippen LogP contribution in [0.5, 0.6) is 5.75 Å². The fraction of sp³-hybridized carbons (Fsp3) is 0.389. The molecule has 0 unspecified atom stereocenters. The lowest BCUT2D eigenvalue weighted by molar-refractivity contribution is -0.274. The van der Waals surface area contributed by atoms with Crippen molar-refractivity contribution >= 4 is 17.5 Å². The number of rotatable bonds is 5. The van der Waals surface area contributed by atoms with Crippen molar-refractivity contribution in [1.82, 2.24) is 15.1 Å². The van der Waals surface area contributed by atoms with Gasteiger partial charge in [0.15, 0.2) is 5.82 Å². The summed E-state index contributed by atoms with van der Waals surface area (Å²) in [5, 5.41) is 11.3. The van der Waals surface area contributed by atoms with Crippen molar-refractivity contribution in [3.05, 3.63) is 42.0 Å². The molecular weight excluding hydrogens is 375 g/mol.